The lowest BCUT2D eigenvalue weighted by atomic mass is 10.1. The van der Waals surface area contributed by atoms with E-state index in [2.05, 4.69) is 31.7 Å². The van der Waals surface area contributed by atoms with E-state index in [9.17, 15) is 9.18 Å². The summed E-state index contributed by atoms with van der Waals surface area (Å²) in [6.45, 7) is 4.08. The number of nitrogens with two attached hydrogens (primary N) is 1. The zero-order chi connectivity index (χ0) is 22.8. The van der Waals surface area contributed by atoms with Crippen LogP contribution >= 0.6 is 0 Å². The Morgan fingerprint density at radius 1 is 1.25 bits per heavy atom. The zero-order valence-electron chi connectivity index (χ0n) is 17.5. The van der Waals surface area contributed by atoms with Gasteiger partial charge in [0, 0.05) is 38.8 Å². The molecule has 0 atom stereocenters. The summed E-state index contributed by atoms with van der Waals surface area (Å²) < 4.78 is 16.9. The largest absolute Gasteiger partial charge is 0.368 e. The summed E-state index contributed by atoms with van der Waals surface area (Å²) in [5.41, 5.74) is 7.62. The van der Waals surface area contributed by atoms with Crippen molar-refractivity contribution in [2.75, 3.05) is 19.8 Å². The highest BCUT2D eigenvalue weighted by molar-refractivity contribution is 5.93. The Kier molecular flexibility index (Phi) is 5.46. The van der Waals surface area contributed by atoms with Gasteiger partial charge in [0.2, 0.25) is 11.9 Å². The fourth-order valence-electron chi connectivity index (χ4n) is 3.01. The number of aromatic nitrogens is 7. The minimum Gasteiger partial charge on any atom is -0.368 e. The van der Waals surface area contributed by atoms with E-state index in [4.69, 9.17) is 5.73 Å². The number of fused-ring (bicyclic) bond motifs is 1. The van der Waals surface area contributed by atoms with Crippen molar-refractivity contribution in [3.8, 4) is 5.82 Å². The first-order chi connectivity index (χ1) is 15.3. The first-order valence-corrected chi connectivity index (χ1v) is 9.58. The van der Waals surface area contributed by atoms with Gasteiger partial charge in [-0.2, -0.15) is 14.6 Å². The number of hydrogen-bond acceptors (Lipinski definition) is 7. The van der Waals surface area contributed by atoms with E-state index in [1.165, 1.54) is 38.5 Å². The summed E-state index contributed by atoms with van der Waals surface area (Å²) in [4.78, 5) is 26.5. The molecule has 4 aromatic rings. The minimum atomic E-state index is -0.454. The van der Waals surface area contributed by atoms with E-state index < -0.39 is 5.82 Å². The SMILES string of the molecule is C=C(/C=C\C(=O)N(C)C)c1c(-n2cccn2)nc(N)n2nc(Cc3ncccc3F)nc12. The van der Waals surface area contributed by atoms with Crippen molar-refractivity contribution in [2.24, 2.45) is 0 Å². The fraction of sp³-hybridized carbons (Fsp3) is 0.143. The minimum absolute atomic E-state index is 0.0613. The predicted molar refractivity (Wildman–Crippen MR) is 116 cm³/mol. The van der Waals surface area contributed by atoms with Gasteiger partial charge < -0.3 is 10.6 Å². The molecule has 4 aromatic heterocycles. The van der Waals surface area contributed by atoms with Crippen LogP contribution < -0.4 is 5.73 Å². The topological polar surface area (TPSA) is 120 Å². The lowest BCUT2D eigenvalue weighted by molar-refractivity contribution is -0.123. The first kappa shape index (κ1) is 20.8. The molecule has 32 heavy (non-hydrogen) atoms. The van der Waals surface area contributed by atoms with Crippen LogP contribution in [0.4, 0.5) is 10.3 Å². The van der Waals surface area contributed by atoms with Gasteiger partial charge in [0.05, 0.1) is 17.7 Å². The van der Waals surface area contributed by atoms with E-state index in [0.717, 1.165) is 0 Å². The number of allylic oxidation sites excluding steroid dienone is 2. The van der Waals surface area contributed by atoms with Crippen molar-refractivity contribution in [1.82, 2.24) is 39.2 Å². The van der Waals surface area contributed by atoms with Crippen molar-refractivity contribution in [1.29, 1.82) is 0 Å². The zero-order valence-corrected chi connectivity index (χ0v) is 17.5. The molecule has 0 bridgehead atoms. The average Bonchev–Trinajstić information content (AvgIpc) is 3.43. The maximum absolute atomic E-state index is 14.1. The molecule has 0 aliphatic carbocycles. The summed E-state index contributed by atoms with van der Waals surface area (Å²) in [6.07, 6.45) is 7.81. The molecular weight excluding hydrogens is 413 g/mol. The number of carbonyl (C=O) groups is 1. The van der Waals surface area contributed by atoms with Gasteiger partial charge in [-0.1, -0.05) is 6.58 Å². The summed E-state index contributed by atoms with van der Waals surface area (Å²) in [6, 6.07) is 4.57. The molecule has 0 fully saturated rings. The van der Waals surface area contributed by atoms with Crippen LogP contribution in [-0.4, -0.2) is 59.2 Å². The van der Waals surface area contributed by atoms with Gasteiger partial charge in [0.1, 0.15) is 5.82 Å². The van der Waals surface area contributed by atoms with Crippen molar-refractivity contribution in [3.05, 3.63) is 78.4 Å². The lowest BCUT2D eigenvalue weighted by Crippen LogP contribution is -2.18. The molecule has 10 nitrogen and oxygen atoms in total. The standard InChI is InChI=1S/C21H20FN9O/c1-13(7-8-17(32)29(2)3)18-19(30-11-5-10-25-30)27-21(23)31-20(18)26-16(28-31)12-15-14(22)6-4-9-24-15/h4-11H,1,12H2,2-3H3,(H2,23,27)/b8-7-. The number of anilines is 1. The van der Waals surface area contributed by atoms with Crippen molar-refractivity contribution >= 4 is 23.1 Å². The number of rotatable bonds is 6. The molecule has 11 heteroatoms. The third kappa shape index (κ3) is 3.95. The number of halogens is 1. The number of nitrogen functional groups attached to an aromatic ring is 1. The van der Waals surface area contributed by atoms with Crippen LogP contribution in [0.2, 0.25) is 0 Å². The molecule has 0 spiro atoms. The highest BCUT2D eigenvalue weighted by Gasteiger charge is 2.21. The van der Waals surface area contributed by atoms with Crippen molar-refractivity contribution < 1.29 is 9.18 Å². The third-order valence-corrected chi connectivity index (χ3v) is 4.61. The molecule has 0 aliphatic rings. The summed E-state index contributed by atoms with van der Waals surface area (Å²) in [7, 11) is 3.30. The molecule has 0 aromatic carbocycles. The molecule has 0 saturated carbocycles. The summed E-state index contributed by atoms with van der Waals surface area (Å²) in [5.74, 6) is 0.0742. The van der Waals surface area contributed by atoms with Crippen LogP contribution in [0.1, 0.15) is 17.1 Å². The molecule has 162 valence electrons. The van der Waals surface area contributed by atoms with Crippen LogP contribution in [0, 0.1) is 5.82 Å². The van der Waals surface area contributed by atoms with Gasteiger partial charge in [-0.3, -0.25) is 9.78 Å². The Morgan fingerprint density at radius 3 is 2.75 bits per heavy atom. The van der Waals surface area contributed by atoms with Crippen LogP contribution in [0.3, 0.4) is 0 Å². The Morgan fingerprint density at radius 2 is 2.06 bits per heavy atom. The van der Waals surface area contributed by atoms with Crippen molar-refractivity contribution in [3.63, 3.8) is 0 Å². The molecule has 0 aliphatic heterocycles. The van der Waals surface area contributed by atoms with Gasteiger partial charge in [-0.15, -0.1) is 5.10 Å². The van der Waals surface area contributed by atoms with Crippen LogP contribution in [0.15, 0.2) is 55.5 Å². The van der Waals surface area contributed by atoms with Crippen LogP contribution in [-0.2, 0) is 11.2 Å². The normalized spacial score (nSPS) is 11.3. The van der Waals surface area contributed by atoms with E-state index in [-0.39, 0.29) is 24.0 Å². The monoisotopic (exact) mass is 433 g/mol. The molecule has 4 rings (SSSR count). The molecule has 4 heterocycles. The third-order valence-electron chi connectivity index (χ3n) is 4.61. The number of carbonyl (C=O) groups excluding carboxylic acids is 1. The molecule has 1 amide bonds. The Balaban J connectivity index is 1.86. The summed E-state index contributed by atoms with van der Waals surface area (Å²) >= 11 is 0. The summed E-state index contributed by atoms with van der Waals surface area (Å²) in [5, 5.41) is 8.61. The Bertz CT molecular complexity index is 1340. The van der Waals surface area contributed by atoms with Gasteiger partial charge in [-0.25, -0.2) is 14.1 Å². The van der Waals surface area contributed by atoms with E-state index in [1.54, 1.807) is 38.6 Å². The predicted octanol–water partition coefficient (Wildman–Crippen LogP) is 1.67. The maximum atomic E-state index is 14.1. The number of likely N-dealkylation sites (N-methyl/N-ethyl adjacent to an activating group) is 1. The van der Waals surface area contributed by atoms with Gasteiger partial charge >= 0.3 is 0 Å². The van der Waals surface area contributed by atoms with Gasteiger partial charge in [0.25, 0.3) is 0 Å². The first-order valence-electron chi connectivity index (χ1n) is 9.58. The number of hydrogen-bond donors (Lipinski definition) is 1. The second kappa shape index (κ2) is 8.38. The van der Waals surface area contributed by atoms with Crippen molar-refractivity contribution in [2.45, 2.75) is 6.42 Å². The number of nitrogens with zero attached hydrogens (tertiary/aromatic N) is 8. The van der Waals surface area contributed by atoms with E-state index >= 15 is 0 Å². The second-order valence-electron chi connectivity index (χ2n) is 7.08. The highest BCUT2D eigenvalue weighted by atomic mass is 19.1. The molecule has 0 saturated heterocycles. The molecular formula is C21H20FN9O. The molecule has 0 unspecified atom stereocenters. The number of amides is 1. The van der Waals surface area contributed by atoms with Gasteiger partial charge in [-0.05, 0) is 29.8 Å². The fourth-order valence-corrected chi connectivity index (χ4v) is 3.01. The van der Waals surface area contributed by atoms with Crippen LogP contribution in [0.25, 0.3) is 17.0 Å². The highest BCUT2D eigenvalue weighted by Crippen LogP contribution is 2.27. The molecule has 0 radical (unpaired) electrons. The lowest BCUT2D eigenvalue weighted by Gasteiger charge is -2.12. The van der Waals surface area contributed by atoms with Gasteiger partial charge in [0.15, 0.2) is 17.3 Å². The Hall–Kier alpha value is -4.41. The average molecular weight is 433 g/mol. The van der Waals surface area contributed by atoms with Crippen LogP contribution in [0.5, 0.6) is 0 Å². The Labute approximate surface area is 182 Å². The second-order valence-corrected chi connectivity index (χ2v) is 7.08. The quantitative estimate of drug-likeness (QED) is 0.363. The molecule has 2 N–H and O–H groups in total. The number of pyridine rings is 1. The van der Waals surface area contributed by atoms with E-state index in [0.29, 0.717) is 28.4 Å². The maximum Gasteiger partial charge on any atom is 0.246 e. The smallest absolute Gasteiger partial charge is 0.246 e. The van der Waals surface area contributed by atoms with E-state index in [1.807, 2.05) is 0 Å².